The Morgan fingerprint density at radius 1 is 1.19 bits per heavy atom. The molecule has 0 radical (unpaired) electrons. The van der Waals surface area contributed by atoms with Crippen LogP contribution in [-0.4, -0.2) is 68.8 Å². The van der Waals surface area contributed by atoms with Crippen LogP contribution in [-0.2, 0) is 24.0 Å². The highest BCUT2D eigenvalue weighted by atomic mass is 16.6. The van der Waals surface area contributed by atoms with Crippen LogP contribution in [0.25, 0.3) is 0 Å². The van der Waals surface area contributed by atoms with E-state index in [1.54, 1.807) is 0 Å². The summed E-state index contributed by atoms with van der Waals surface area (Å²) in [7, 11) is 0. The summed E-state index contributed by atoms with van der Waals surface area (Å²) in [6.45, 7) is 13.6. The highest BCUT2D eigenvalue weighted by Gasteiger charge is 2.51. The highest BCUT2D eigenvalue weighted by Crippen LogP contribution is 2.41. The van der Waals surface area contributed by atoms with Gasteiger partial charge in [-0.1, -0.05) is 13.8 Å². The molecule has 0 unspecified atom stereocenters. The summed E-state index contributed by atoms with van der Waals surface area (Å²) >= 11 is 0. The lowest BCUT2D eigenvalue weighted by atomic mass is 9.79. The van der Waals surface area contributed by atoms with E-state index in [0.29, 0.717) is 5.92 Å². The average molecular weight is 510 g/mol. The zero-order valence-corrected chi connectivity index (χ0v) is 23.1. The Balaban J connectivity index is 1.31. The second-order valence-electron chi connectivity index (χ2n) is 12.7. The molecule has 1 amide bonds. The van der Waals surface area contributed by atoms with Crippen molar-refractivity contribution >= 4 is 17.9 Å². The van der Waals surface area contributed by atoms with E-state index in [0.717, 1.165) is 75.9 Å². The zero-order chi connectivity index (χ0) is 26.2. The minimum Gasteiger partial charge on any atom is -0.444 e. The summed E-state index contributed by atoms with van der Waals surface area (Å²) < 4.78 is 5.57. The van der Waals surface area contributed by atoms with E-state index in [9.17, 15) is 4.79 Å². The molecule has 37 heavy (non-hydrogen) atoms. The molecule has 1 atom stereocenters. The van der Waals surface area contributed by atoms with Crippen molar-refractivity contribution < 1.29 is 9.53 Å². The van der Waals surface area contributed by atoms with Gasteiger partial charge in [0.1, 0.15) is 17.2 Å². The molecule has 5 rings (SSSR count). The van der Waals surface area contributed by atoms with Crippen LogP contribution in [0.4, 0.5) is 16.6 Å². The van der Waals surface area contributed by atoms with Gasteiger partial charge >= 0.3 is 6.09 Å². The number of imidazole rings is 1. The number of rotatable bonds is 7. The van der Waals surface area contributed by atoms with Gasteiger partial charge in [-0.25, -0.2) is 14.8 Å². The van der Waals surface area contributed by atoms with Gasteiger partial charge in [0.2, 0.25) is 5.95 Å². The number of fused-ring (bicyclic) bond motifs is 1. The first-order valence-electron chi connectivity index (χ1n) is 14.0. The number of aromatic nitrogens is 4. The molecule has 4 heterocycles. The maximum absolute atomic E-state index is 12.5. The third-order valence-electron chi connectivity index (χ3n) is 7.69. The number of carbonyl (C=O) groups excluding carboxylic acids is 1. The second kappa shape index (κ2) is 10.1. The van der Waals surface area contributed by atoms with Crippen molar-refractivity contribution in [2.45, 2.75) is 91.2 Å². The predicted molar refractivity (Wildman–Crippen MR) is 145 cm³/mol. The standard InChI is InChI=1S/C28H43N7O2/c1-19(2)14-20(15-23-29-11-12-30-23)31-24-21-8-6-7-9-22(21)32-25(33-24)34-13-10-28(16-34)17-35(18-28)26(36)37-27(3,4)5/h11-12,19-20H,6-10,13-18H2,1-5H3,(H,29,30)(H,31,32,33)/t20-/m0/s1. The molecule has 1 aliphatic carbocycles. The lowest BCUT2D eigenvalue weighted by molar-refractivity contribution is -0.0266. The number of nitrogens with zero attached hydrogens (tertiary/aromatic N) is 5. The number of hydrogen-bond acceptors (Lipinski definition) is 7. The molecular formula is C28H43N7O2. The molecule has 0 saturated carbocycles. The number of aryl methyl sites for hydroxylation is 1. The number of anilines is 2. The van der Waals surface area contributed by atoms with Gasteiger partial charge in [-0.15, -0.1) is 0 Å². The SMILES string of the molecule is CC(C)C[C@@H](Cc1ncc[nH]1)Nc1nc(N2CCC3(CN(C(=O)OC(C)(C)C)C3)C2)nc2c1CCCC2. The fourth-order valence-electron chi connectivity index (χ4n) is 6.02. The summed E-state index contributed by atoms with van der Waals surface area (Å²) in [5, 5.41) is 3.83. The third kappa shape index (κ3) is 6.02. The van der Waals surface area contributed by atoms with Gasteiger partial charge in [0.05, 0.1) is 5.69 Å². The summed E-state index contributed by atoms with van der Waals surface area (Å²) in [5.74, 6) is 3.40. The van der Waals surface area contributed by atoms with Crippen molar-refractivity contribution in [3.8, 4) is 0 Å². The van der Waals surface area contributed by atoms with Crippen LogP contribution in [0.1, 0.15) is 77.4 Å². The second-order valence-corrected chi connectivity index (χ2v) is 12.7. The number of carbonyl (C=O) groups is 1. The van der Waals surface area contributed by atoms with Gasteiger partial charge < -0.3 is 24.8 Å². The molecule has 202 valence electrons. The van der Waals surface area contributed by atoms with E-state index in [2.05, 4.69) is 34.0 Å². The number of likely N-dealkylation sites (tertiary alicyclic amines) is 1. The monoisotopic (exact) mass is 509 g/mol. The van der Waals surface area contributed by atoms with Crippen molar-refractivity contribution in [3.05, 3.63) is 29.5 Å². The topological polar surface area (TPSA) is 99.3 Å². The lowest BCUT2D eigenvalue weighted by Gasteiger charge is -2.47. The van der Waals surface area contributed by atoms with E-state index < -0.39 is 5.60 Å². The molecule has 0 aromatic carbocycles. The van der Waals surface area contributed by atoms with Crippen molar-refractivity contribution in [2.75, 3.05) is 36.4 Å². The van der Waals surface area contributed by atoms with Crippen LogP contribution in [0, 0.1) is 11.3 Å². The smallest absolute Gasteiger partial charge is 0.410 e. The van der Waals surface area contributed by atoms with Crippen LogP contribution in [0.5, 0.6) is 0 Å². The molecule has 2 saturated heterocycles. The summed E-state index contributed by atoms with van der Waals surface area (Å²) in [6.07, 6.45) is 10.8. The number of ether oxygens (including phenoxy) is 1. The largest absolute Gasteiger partial charge is 0.444 e. The average Bonchev–Trinajstić information content (AvgIpc) is 3.46. The molecule has 2 aromatic heterocycles. The Bertz CT molecular complexity index is 1090. The Morgan fingerprint density at radius 2 is 1.97 bits per heavy atom. The maximum atomic E-state index is 12.5. The zero-order valence-electron chi connectivity index (χ0n) is 23.1. The lowest BCUT2D eigenvalue weighted by Crippen LogP contribution is -2.60. The maximum Gasteiger partial charge on any atom is 0.410 e. The minimum atomic E-state index is -0.466. The van der Waals surface area contributed by atoms with E-state index in [-0.39, 0.29) is 17.6 Å². The van der Waals surface area contributed by atoms with E-state index in [4.69, 9.17) is 14.7 Å². The number of hydrogen-bond donors (Lipinski definition) is 2. The molecule has 3 aliphatic rings. The summed E-state index contributed by atoms with van der Waals surface area (Å²) in [6, 6.07) is 0.249. The molecule has 0 bridgehead atoms. The Morgan fingerprint density at radius 3 is 2.68 bits per heavy atom. The first-order chi connectivity index (χ1) is 17.6. The number of aromatic amines is 1. The van der Waals surface area contributed by atoms with Gasteiger partial charge in [-0.3, -0.25) is 0 Å². The van der Waals surface area contributed by atoms with Gasteiger partial charge in [-0.05, 0) is 65.2 Å². The van der Waals surface area contributed by atoms with Gasteiger partial charge in [0.25, 0.3) is 0 Å². The predicted octanol–water partition coefficient (Wildman–Crippen LogP) is 4.60. The molecule has 2 fully saturated rings. The fraction of sp³-hybridized carbons (Fsp3) is 0.714. The molecule has 2 aromatic rings. The van der Waals surface area contributed by atoms with Gasteiger partial charge in [0.15, 0.2) is 0 Å². The van der Waals surface area contributed by atoms with Gasteiger partial charge in [0, 0.05) is 62.0 Å². The number of nitrogens with one attached hydrogen (secondary N) is 2. The Hall–Kier alpha value is -2.84. The van der Waals surface area contributed by atoms with Crippen LogP contribution < -0.4 is 10.2 Å². The first kappa shape index (κ1) is 25.8. The van der Waals surface area contributed by atoms with E-state index in [1.807, 2.05) is 38.1 Å². The normalized spacial score (nSPS) is 19.6. The van der Waals surface area contributed by atoms with Crippen molar-refractivity contribution in [1.29, 1.82) is 0 Å². The Labute approximate surface area is 220 Å². The van der Waals surface area contributed by atoms with Crippen LogP contribution in [0.15, 0.2) is 12.4 Å². The van der Waals surface area contributed by atoms with Crippen LogP contribution >= 0.6 is 0 Å². The van der Waals surface area contributed by atoms with Crippen molar-refractivity contribution in [1.82, 2.24) is 24.8 Å². The fourth-order valence-corrected chi connectivity index (χ4v) is 6.02. The molecule has 9 nitrogen and oxygen atoms in total. The van der Waals surface area contributed by atoms with E-state index >= 15 is 0 Å². The molecule has 9 heteroatoms. The van der Waals surface area contributed by atoms with Crippen molar-refractivity contribution in [2.24, 2.45) is 11.3 Å². The van der Waals surface area contributed by atoms with Crippen LogP contribution in [0.2, 0.25) is 0 Å². The molecule has 2 aliphatic heterocycles. The highest BCUT2D eigenvalue weighted by molar-refractivity contribution is 5.69. The first-order valence-corrected chi connectivity index (χ1v) is 14.0. The molecule has 1 spiro atoms. The van der Waals surface area contributed by atoms with E-state index in [1.165, 1.54) is 24.1 Å². The quantitative estimate of drug-likeness (QED) is 0.563. The molecular weight excluding hydrogens is 466 g/mol. The van der Waals surface area contributed by atoms with Gasteiger partial charge in [-0.2, -0.15) is 4.98 Å². The summed E-state index contributed by atoms with van der Waals surface area (Å²) in [4.78, 5) is 34.6. The Kier molecular flexibility index (Phi) is 7.07. The minimum absolute atomic E-state index is 0.114. The van der Waals surface area contributed by atoms with Crippen LogP contribution in [0.3, 0.4) is 0 Å². The number of amides is 1. The van der Waals surface area contributed by atoms with Crippen molar-refractivity contribution in [3.63, 3.8) is 0 Å². The molecule has 2 N–H and O–H groups in total. The summed E-state index contributed by atoms with van der Waals surface area (Å²) in [5.41, 5.74) is 2.14. The number of H-pyrrole nitrogens is 1. The third-order valence-corrected chi connectivity index (χ3v) is 7.69.